The average Bonchev–Trinajstić information content (AvgIpc) is 2.75. The molecule has 1 fully saturated rings. The van der Waals surface area contributed by atoms with Crippen molar-refractivity contribution in [3.05, 3.63) is 71.0 Å². The molecule has 1 heterocycles. The molecule has 0 spiro atoms. The first-order valence-corrected chi connectivity index (χ1v) is 9.95. The number of rotatable bonds is 5. The molecule has 2 amide bonds. The largest absolute Gasteiger partial charge is 0.338 e. The van der Waals surface area contributed by atoms with Crippen LogP contribution in [-0.4, -0.2) is 66.3 Å². The third-order valence-electron chi connectivity index (χ3n) is 5.69. The lowest BCUT2D eigenvalue weighted by molar-refractivity contribution is -0.133. The molecule has 5 nitrogen and oxygen atoms in total. The quantitative estimate of drug-likeness (QED) is 0.779. The van der Waals surface area contributed by atoms with Crippen LogP contribution in [0.3, 0.4) is 0 Å². The lowest BCUT2D eigenvalue weighted by Crippen LogP contribution is -2.51. The van der Waals surface area contributed by atoms with Crippen LogP contribution in [0.2, 0.25) is 0 Å². The monoisotopic (exact) mass is 397 g/mol. The maximum atomic E-state index is 13.8. The predicted molar refractivity (Wildman–Crippen MR) is 111 cm³/mol. The number of benzene rings is 2. The van der Waals surface area contributed by atoms with E-state index in [4.69, 9.17) is 0 Å². The van der Waals surface area contributed by atoms with E-state index in [1.165, 1.54) is 6.07 Å². The maximum Gasteiger partial charge on any atom is 0.254 e. The van der Waals surface area contributed by atoms with Crippen molar-refractivity contribution in [2.75, 3.05) is 39.8 Å². The zero-order valence-corrected chi connectivity index (χ0v) is 17.3. The summed E-state index contributed by atoms with van der Waals surface area (Å²) in [5, 5.41) is 0. The molecule has 1 atom stereocenters. The number of carbonyl (C=O) groups is 2. The molecule has 0 radical (unpaired) electrons. The fraction of sp³-hybridized carbons (Fsp3) is 0.391. The standard InChI is InChI=1S/C23H28FN3O2/c1-17-9-10-20(15-21(17)24)23(29)27-13-11-26(12-14-27)16-22(28)25(3)18(2)19-7-5-4-6-8-19/h4-10,15,18H,11-14,16H2,1-3H3. The van der Waals surface area contributed by atoms with Crippen LogP contribution >= 0.6 is 0 Å². The molecular weight excluding hydrogens is 369 g/mol. The van der Waals surface area contributed by atoms with E-state index in [0.29, 0.717) is 43.9 Å². The number of likely N-dealkylation sites (N-methyl/N-ethyl adjacent to an activating group) is 1. The lowest BCUT2D eigenvalue weighted by Gasteiger charge is -2.35. The Balaban J connectivity index is 1.52. The summed E-state index contributed by atoms with van der Waals surface area (Å²) in [6.45, 7) is 6.33. The predicted octanol–water partition coefficient (Wildman–Crippen LogP) is 3.11. The first-order chi connectivity index (χ1) is 13.9. The second-order valence-corrected chi connectivity index (χ2v) is 7.62. The van der Waals surface area contributed by atoms with Crippen LogP contribution in [-0.2, 0) is 4.79 Å². The summed E-state index contributed by atoms with van der Waals surface area (Å²) in [6, 6.07) is 14.5. The molecule has 1 aliphatic rings. The van der Waals surface area contributed by atoms with Gasteiger partial charge in [-0.15, -0.1) is 0 Å². The van der Waals surface area contributed by atoms with Crippen LogP contribution in [0.1, 0.15) is 34.5 Å². The average molecular weight is 397 g/mol. The number of halogens is 1. The van der Waals surface area contributed by atoms with Crippen molar-refractivity contribution in [1.29, 1.82) is 0 Å². The van der Waals surface area contributed by atoms with Gasteiger partial charge in [-0.1, -0.05) is 36.4 Å². The molecule has 0 aromatic heterocycles. The number of nitrogens with zero attached hydrogens (tertiary/aromatic N) is 3. The number of piperazine rings is 1. The van der Waals surface area contributed by atoms with Crippen molar-refractivity contribution < 1.29 is 14.0 Å². The van der Waals surface area contributed by atoms with Crippen molar-refractivity contribution in [3.8, 4) is 0 Å². The highest BCUT2D eigenvalue weighted by molar-refractivity contribution is 5.94. The summed E-state index contributed by atoms with van der Waals surface area (Å²) in [7, 11) is 1.83. The highest BCUT2D eigenvalue weighted by Gasteiger charge is 2.25. The molecule has 3 rings (SSSR count). The third kappa shape index (κ3) is 5.01. The molecule has 1 aliphatic heterocycles. The Labute approximate surface area is 171 Å². The van der Waals surface area contributed by atoms with Gasteiger partial charge >= 0.3 is 0 Å². The van der Waals surface area contributed by atoms with Crippen LogP contribution in [0.25, 0.3) is 0 Å². The first-order valence-electron chi connectivity index (χ1n) is 9.95. The van der Waals surface area contributed by atoms with E-state index in [0.717, 1.165) is 5.56 Å². The van der Waals surface area contributed by atoms with Crippen molar-refractivity contribution in [1.82, 2.24) is 14.7 Å². The molecule has 6 heteroatoms. The molecule has 1 saturated heterocycles. The van der Waals surface area contributed by atoms with Gasteiger partial charge in [-0.25, -0.2) is 4.39 Å². The maximum absolute atomic E-state index is 13.8. The van der Waals surface area contributed by atoms with E-state index < -0.39 is 0 Å². The van der Waals surface area contributed by atoms with Gasteiger partial charge in [0.05, 0.1) is 12.6 Å². The highest BCUT2D eigenvalue weighted by atomic mass is 19.1. The van der Waals surface area contributed by atoms with Crippen molar-refractivity contribution in [3.63, 3.8) is 0 Å². The number of amides is 2. The number of hydrogen-bond donors (Lipinski definition) is 0. The van der Waals surface area contributed by atoms with Gasteiger partial charge in [0.1, 0.15) is 5.82 Å². The summed E-state index contributed by atoms with van der Waals surface area (Å²) >= 11 is 0. The second-order valence-electron chi connectivity index (χ2n) is 7.62. The molecule has 154 valence electrons. The fourth-order valence-corrected chi connectivity index (χ4v) is 3.49. The van der Waals surface area contributed by atoms with E-state index in [-0.39, 0.29) is 23.7 Å². The molecule has 2 aromatic rings. The van der Waals surface area contributed by atoms with E-state index >= 15 is 0 Å². The highest BCUT2D eigenvalue weighted by Crippen LogP contribution is 2.19. The van der Waals surface area contributed by atoms with E-state index in [9.17, 15) is 14.0 Å². The Hall–Kier alpha value is -2.73. The van der Waals surface area contributed by atoms with Crippen LogP contribution < -0.4 is 0 Å². The first kappa shape index (κ1) is 21.0. The van der Waals surface area contributed by atoms with Gasteiger partial charge in [0.2, 0.25) is 5.91 Å². The van der Waals surface area contributed by atoms with Crippen LogP contribution in [0.15, 0.2) is 48.5 Å². The van der Waals surface area contributed by atoms with Gasteiger partial charge in [0, 0.05) is 38.8 Å². The Kier molecular flexibility index (Phi) is 6.64. The molecule has 0 N–H and O–H groups in total. The lowest BCUT2D eigenvalue weighted by atomic mass is 10.1. The number of aryl methyl sites for hydroxylation is 1. The van der Waals surface area contributed by atoms with E-state index in [2.05, 4.69) is 4.90 Å². The molecule has 0 aliphatic carbocycles. The normalized spacial score (nSPS) is 15.8. The number of carbonyl (C=O) groups excluding carboxylic acids is 2. The summed E-state index contributed by atoms with van der Waals surface area (Å²) < 4.78 is 13.8. The van der Waals surface area contributed by atoms with Gasteiger partial charge in [-0.05, 0) is 37.1 Å². The Morgan fingerprint density at radius 2 is 1.72 bits per heavy atom. The molecule has 2 aromatic carbocycles. The third-order valence-corrected chi connectivity index (χ3v) is 5.69. The van der Waals surface area contributed by atoms with Crippen LogP contribution in [0.4, 0.5) is 4.39 Å². The van der Waals surface area contributed by atoms with Gasteiger partial charge in [0.15, 0.2) is 0 Å². The van der Waals surface area contributed by atoms with Gasteiger partial charge in [-0.3, -0.25) is 14.5 Å². The second kappa shape index (κ2) is 9.18. The minimum Gasteiger partial charge on any atom is -0.338 e. The molecule has 0 bridgehead atoms. The topological polar surface area (TPSA) is 43.9 Å². The van der Waals surface area contributed by atoms with E-state index in [1.807, 2.05) is 44.3 Å². The van der Waals surface area contributed by atoms with Gasteiger partial charge < -0.3 is 9.80 Å². The fourth-order valence-electron chi connectivity index (χ4n) is 3.49. The molecular formula is C23H28FN3O2. The summed E-state index contributed by atoms with van der Waals surface area (Å²) in [4.78, 5) is 30.9. The minimum atomic E-state index is -0.365. The smallest absolute Gasteiger partial charge is 0.254 e. The van der Waals surface area contributed by atoms with Gasteiger partial charge in [0.25, 0.3) is 5.91 Å². The Morgan fingerprint density at radius 1 is 1.07 bits per heavy atom. The molecule has 29 heavy (non-hydrogen) atoms. The number of hydrogen-bond acceptors (Lipinski definition) is 3. The van der Waals surface area contributed by atoms with Gasteiger partial charge in [-0.2, -0.15) is 0 Å². The Bertz CT molecular complexity index is 864. The Morgan fingerprint density at radius 3 is 2.34 bits per heavy atom. The van der Waals surface area contributed by atoms with Crippen molar-refractivity contribution in [2.45, 2.75) is 19.9 Å². The molecule has 1 unspecified atom stereocenters. The zero-order valence-electron chi connectivity index (χ0n) is 17.3. The van der Waals surface area contributed by atoms with E-state index in [1.54, 1.807) is 28.9 Å². The summed E-state index contributed by atoms with van der Waals surface area (Å²) in [5.41, 5.74) is 2.00. The van der Waals surface area contributed by atoms with Crippen molar-refractivity contribution in [2.24, 2.45) is 0 Å². The SMILES string of the molecule is Cc1ccc(C(=O)N2CCN(CC(=O)N(C)C(C)c3ccccc3)CC2)cc1F. The molecule has 0 saturated carbocycles. The van der Waals surface area contributed by atoms with Crippen LogP contribution in [0.5, 0.6) is 0 Å². The summed E-state index contributed by atoms with van der Waals surface area (Å²) in [6.07, 6.45) is 0. The van der Waals surface area contributed by atoms with Crippen molar-refractivity contribution >= 4 is 11.8 Å². The minimum absolute atomic E-state index is 0.00278. The van der Waals surface area contributed by atoms with Crippen LogP contribution in [0, 0.1) is 12.7 Å². The summed E-state index contributed by atoms with van der Waals surface area (Å²) in [5.74, 6) is -0.470. The zero-order chi connectivity index (χ0) is 21.0.